The molecule has 7 heteroatoms. The second-order valence-corrected chi connectivity index (χ2v) is 5.55. The number of rotatable bonds is 3. The number of hydrogen-bond acceptors (Lipinski definition) is 5. The molecule has 0 radical (unpaired) electrons. The van der Waals surface area contributed by atoms with E-state index in [0.717, 1.165) is 10.2 Å². The van der Waals surface area contributed by atoms with E-state index in [2.05, 4.69) is 31.1 Å². The number of nitrogens with zero attached hydrogens (tertiary/aromatic N) is 3. The van der Waals surface area contributed by atoms with Crippen LogP contribution in [0.5, 0.6) is 11.8 Å². The fourth-order valence-corrected chi connectivity index (χ4v) is 2.23. The lowest BCUT2D eigenvalue weighted by Gasteiger charge is -2.09. The van der Waals surface area contributed by atoms with Gasteiger partial charge in [0, 0.05) is 18.5 Å². The number of aryl methyl sites for hydroxylation is 1. The van der Waals surface area contributed by atoms with Crippen molar-refractivity contribution in [3.05, 3.63) is 51.8 Å². The van der Waals surface area contributed by atoms with Gasteiger partial charge in [-0.2, -0.15) is 0 Å². The highest BCUT2D eigenvalue weighted by molar-refractivity contribution is 9.10. The minimum absolute atomic E-state index is 0.220. The van der Waals surface area contributed by atoms with Crippen LogP contribution in [0.25, 0.3) is 11.3 Å². The maximum absolute atomic E-state index is 6.25. The Morgan fingerprint density at radius 1 is 1.24 bits per heavy atom. The normalized spacial score (nSPS) is 10.6. The van der Waals surface area contributed by atoms with Gasteiger partial charge in [-0.05, 0) is 35.0 Å². The lowest BCUT2D eigenvalue weighted by atomic mass is 10.1. The molecule has 0 atom stereocenters. The van der Waals surface area contributed by atoms with E-state index < -0.39 is 0 Å². The Balaban J connectivity index is 2.02. The number of aromatic nitrogens is 3. The summed E-state index contributed by atoms with van der Waals surface area (Å²) in [5.74, 6) is 1.03. The van der Waals surface area contributed by atoms with E-state index in [9.17, 15) is 0 Å². The summed E-state index contributed by atoms with van der Waals surface area (Å²) in [7, 11) is 0. The summed E-state index contributed by atoms with van der Waals surface area (Å²) in [6, 6.07) is 7.31. The van der Waals surface area contributed by atoms with Crippen molar-refractivity contribution in [2.45, 2.75) is 6.92 Å². The first-order chi connectivity index (χ1) is 10.1. The molecule has 0 unspecified atom stereocenters. The Kier molecular flexibility index (Phi) is 3.90. The molecule has 3 aromatic rings. The summed E-state index contributed by atoms with van der Waals surface area (Å²) in [5.41, 5.74) is 1.38. The van der Waals surface area contributed by atoms with Crippen LogP contribution >= 0.6 is 27.5 Å². The third-order valence-corrected chi connectivity index (χ3v) is 3.37. The largest absolute Gasteiger partial charge is 0.423 e. The van der Waals surface area contributed by atoms with E-state index in [0.29, 0.717) is 22.1 Å². The molecule has 3 rings (SSSR count). The van der Waals surface area contributed by atoms with Crippen LogP contribution in [0.3, 0.4) is 0 Å². The van der Waals surface area contributed by atoms with Gasteiger partial charge in [-0.15, -0.1) is 0 Å². The molecule has 21 heavy (non-hydrogen) atoms. The SMILES string of the molecule is Cc1cc(-c2c(Cl)cccc2Oc2ncc(Br)cn2)on1. The molecule has 106 valence electrons. The Bertz CT molecular complexity index is 774. The molecule has 0 aliphatic carbocycles. The molecule has 0 saturated carbocycles. The van der Waals surface area contributed by atoms with Crippen molar-refractivity contribution in [3.8, 4) is 23.1 Å². The van der Waals surface area contributed by atoms with Crippen molar-refractivity contribution in [3.63, 3.8) is 0 Å². The third-order valence-electron chi connectivity index (χ3n) is 2.65. The van der Waals surface area contributed by atoms with Gasteiger partial charge < -0.3 is 9.26 Å². The van der Waals surface area contributed by atoms with Crippen molar-refractivity contribution < 1.29 is 9.26 Å². The summed E-state index contributed by atoms with van der Waals surface area (Å²) >= 11 is 9.52. The van der Waals surface area contributed by atoms with Crippen LogP contribution < -0.4 is 4.74 Å². The van der Waals surface area contributed by atoms with Crippen molar-refractivity contribution >= 4 is 27.5 Å². The molecule has 0 amide bonds. The van der Waals surface area contributed by atoms with Crippen LogP contribution in [0.15, 0.2) is 45.7 Å². The monoisotopic (exact) mass is 365 g/mol. The Labute approximate surface area is 134 Å². The number of benzene rings is 1. The number of halogens is 2. The van der Waals surface area contributed by atoms with E-state index in [-0.39, 0.29) is 6.01 Å². The zero-order valence-corrected chi connectivity index (χ0v) is 13.2. The zero-order valence-electron chi connectivity index (χ0n) is 10.9. The standard InChI is InChI=1S/C14H9BrClN3O2/c1-8-5-12(21-19-8)13-10(16)3-2-4-11(13)20-14-17-6-9(15)7-18-14/h2-7H,1H3. The predicted octanol–water partition coefficient (Wildman–Crippen LogP) is 4.65. The molecule has 0 fully saturated rings. The van der Waals surface area contributed by atoms with E-state index in [1.807, 2.05) is 6.92 Å². The second-order valence-electron chi connectivity index (χ2n) is 4.23. The van der Waals surface area contributed by atoms with Gasteiger partial charge in [0.1, 0.15) is 5.75 Å². The quantitative estimate of drug-likeness (QED) is 0.675. The maximum Gasteiger partial charge on any atom is 0.321 e. The van der Waals surface area contributed by atoms with Gasteiger partial charge in [0.05, 0.1) is 20.8 Å². The molecule has 0 saturated heterocycles. The highest BCUT2D eigenvalue weighted by Crippen LogP contribution is 2.38. The van der Waals surface area contributed by atoms with E-state index in [1.165, 1.54) is 0 Å². The van der Waals surface area contributed by atoms with Gasteiger partial charge in [0.25, 0.3) is 0 Å². The molecule has 0 aliphatic rings. The van der Waals surface area contributed by atoms with Gasteiger partial charge in [-0.25, -0.2) is 9.97 Å². The van der Waals surface area contributed by atoms with Crippen molar-refractivity contribution in [2.75, 3.05) is 0 Å². The average Bonchev–Trinajstić information content (AvgIpc) is 2.88. The van der Waals surface area contributed by atoms with Crippen LogP contribution in [-0.2, 0) is 0 Å². The smallest absolute Gasteiger partial charge is 0.321 e. The minimum atomic E-state index is 0.220. The van der Waals surface area contributed by atoms with Gasteiger partial charge >= 0.3 is 6.01 Å². The first-order valence-electron chi connectivity index (χ1n) is 6.01. The van der Waals surface area contributed by atoms with Gasteiger partial charge in [0.15, 0.2) is 5.76 Å². The summed E-state index contributed by atoms with van der Waals surface area (Å²) in [4.78, 5) is 8.15. The molecular formula is C14H9BrClN3O2. The Hall–Kier alpha value is -1.92. The number of hydrogen-bond donors (Lipinski definition) is 0. The van der Waals surface area contributed by atoms with Crippen molar-refractivity contribution in [2.24, 2.45) is 0 Å². The topological polar surface area (TPSA) is 61.0 Å². The first-order valence-corrected chi connectivity index (χ1v) is 7.18. The molecule has 0 spiro atoms. The van der Waals surface area contributed by atoms with Gasteiger partial charge in [0.2, 0.25) is 0 Å². The number of ether oxygens (including phenoxy) is 1. The lowest BCUT2D eigenvalue weighted by Crippen LogP contribution is -1.93. The van der Waals surface area contributed by atoms with Crippen LogP contribution in [0.4, 0.5) is 0 Å². The lowest BCUT2D eigenvalue weighted by molar-refractivity contribution is 0.417. The summed E-state index contributed by atoms with van der Waals surface area (Å²) in [5, 5.41) is 4.37. The summed E-state index contributed by atoms with van der Waals surface area (Å²) in [6.07, 6.45) is 3.20. The minimum Gasteiger partial charge on any atom is -0.423 e. The van der Waals surface area contributed by atoms with Crippen LogP contribution in [-0.4, -0.2) is 15.1 Å². The molecular weight excluding hydrogens is 358 g/mol. The Morgan fingerprint density at radius 2 is 2.00 bits per heavy atom. The zero-order chi connectivity index (χ0) is 14.8. The van der Waals surface area contributed by atoms with Gasteiger partial charge in [-0.3, -0.25) is 0 Å². The summed E-state index contributed by atoms with van der Waals surface area (Å²) in [6.45, 7) is 1.84. The van der Waals surface area contributed by atoms with Crippen molar-refractivity contribution in [1.82, 2.24) is 15.1 Å². The maximum atomic E-state index is 6.25. The van der Waals surface area contributed by atoms with Crippen LogP contribution in [0, 0.1) is 6.92 Å². The third kappa shape index (κ3) is 3.06. The second kappa shape index (κ2) is 5.83. The molecule has 5 nitrogen and oxygen atoms in total. The highest BCUT2D eigenvalue weighted by Gasteiger charge is 2.16. The molecule has 1 aromatic carbocycles. The van der Waals surface area contributed by atoms with Crippen LogP contribution in [0.1, 0.15) is 5.69 Å². The molecule has 2 heterocycles. The molecule has 0 N–H and O–H groups in total. The molecule has 0 bridgehead atoms. The molecule has 0 aliphatic heterocycles. The summed E-state index contributed by atoms with van der Waals surface area (Å²) < 4.78 is 11.7. The van der Waals surface area contributed by atoms with E-state index in [4.69, 9.17) is 20.9 Å². The van der Waals surface area contributed by atoms with E-state index in [1.54, 1.807) is 36.7 Å². The molecule has 2 aromatic heterocycles. The fraction of sp³-hybridized carbons (Fsp3) is 0.0714. The average molecular weight is 367 g/mol. The van der Waals surface area contributed by atoms with Crippen LogP contribution in [0.2, 0.25) is 5.02 Å². The Morgan fingerprint density at radius 3 is 2.67 bits per heavy atom. The highest BCUT2D eigenvalue weighted by atomic mass is 79.9. The van der Waals surface area contributed by atoms with Crippen molar-refractivity contribution in [1.29, 1.82) is 0 Å². The fourth-order valence-electron chi connectivity index (χ4n) is 1.76. The first kappa shape index (κ1) is 14.0. The van der Waals surface area contributed by atoms with Gasteiger partial charge in [-0.1, -0.05) is 22.8 Å². The predicted molar refractivity (Wildman–Crippen MR) is 81.5 cm³/mol. The van der Waals surface area contributed by atoms with E-state index >= 15 is 0 Å².